The van der Waals surface area contributed by atoms with Gasteiger partial charge in [-0.05, 0) is 45.0 Å². The number of thioether (sulfide) groups is 1. The summed E-state index contributed by atoms with van der Waals surface area (Å²) in [6.07, 6.45) is 0. The summed E-state index contributed by atoms with van der Waals surface area (Å²) < 4.78 is 5.26. The number of aromatic nitrogens is 1. The highest BCUT2D eigenvalue weighted by Gasteiger charge is 2.16. The molecule has 2 N–H and O–H groups in total. The molecule has 0 saturated heterocycles. The second-order valence-corrected chi connectivity index (χ2v) is 7.69. The van der Waals surface area contributed by atoms with E-state index in [-0.39, 0.29) is 29.9 Å². The first kappa shape index (κ1) is 24.1. The van der Waals surface area contributed by atoms with Gasteiger partial charge in [-0.3, -0.25) is 4.99 Å². The van der Waals surface area contributed by atoms with Crippen LogP contribution in [0.1, 0.15) is 36.8 Å². The van der Waals surface area contributed by atoms with Crippen molar-refractivity contribution in [3.05, 3.63) is 46.3 Å². The maximum atomic E-state index is 5.91. The monoisotopic (exact) mass is 522 g/mol. The van der Waals surface area contributed by atoms with E-state index in [0.717, 1.165) is 46.8 Å². The molecule has 5 nitrogen and oxygen atoms in total. The smallest absolute Gasteiger partial charge is 0.191 e. The average molecular weight is 523 g/mol. The Labute approximate surface area is 188 Å². The normalized spacial score (nSPS) is 12.4. The van der Waals surface area contributed by atoms with Gasteiger partial charge in [0.1, 0.15) is 5.76 Å². The van der Waals surface area contributed by atoms with Crippen molar-refractivity contribution in [1.82, 2.24) is 15.8 Å². The first-order valence-electron chi connectivity index (χ1n) is 8.84. The van der Waals surface area contributed by atoms with Crippen molar-refractivity contribution in [2.24, 2.45) is 4.99 Å². The number of hydrogen-bond acceptors (Lipinski definition) is 4. The minimum absolute atomic E-state index is 0. The molecule has 0 radical (unpaired) electrons. The van der Waals surface area contributed by atoms with E-state index < -0.39 is 0 Å². The van der Waals surface area contributed by atoms with Crippen molar-refractivity contribution in [1.29, 1.82) is 0 Å². The largest absolute Gasteiger partial charge is 0.361 e. The van der Waals surface area contributed by atoms with Gasteiger partial charge in [-0.25, -0.2) is 0 Å². The van der Waals surface area contributed by atoms with Crippen LogP contribution in [0.5, 0.6) is 0 Å². The molecule has 0 aliphatic carbocycles. The lowest BCUT2D eigenvalue weighted by Crippen LogP contribution is -2.38. The molecule has 2 aromatic rings. The number of guanidine groups is 1. The van der Waals surface area contributed by atoms with Crippen LogP contribution in [0.15, 0.2) is 38.7 Å². The first-order chi connectivity index (χ1) is 12.5. The molecule has 0 aliphatic rings. The molecular weight excluding hydrogens is 495 g/mol. The Hall–Kier alpha value is -0.930. The fraction of sp³-hybridized carbons (Fsp3) is 0.474. The van der Waals surface area contributed by atoms with E-state index in [9.17, 15) is 0 Å². The van der Waals surface area contributed by atoms with E-state index in [2.05, 4.69) is 29.6 Å². The third-order valence-corrected chi connectivity index (χ3v) is 5.19. The molecule has 0 fully saturated rings. The van der Waals surface area contributed by atoms with Gasteiger partial charge in [0, 0.05) is 46.8 Å². The number of rotatable bonds is 8. The van der Waals surface area contributed by atoms with Crippen LogP contribution in [-0.4, -0.2) is 36.5 Å². The molecule has 1 atom stereocenters. The molecular formula is C19H28ClIN4OS. The summed E-state index contributed by atoms with van der Waals surface area (Å²) in [4.78, 5) is 5.92. The van der Waals surface area contributed by atoms with E-state index in [1.165, 1.54) is 4.90 Å². The molecule has 1 heterocycles. The van der Waals surface area contributed by atoms with Crippen LogP contribution in [0.2, 0.25) is 5.02 Å². The number of aliphatic imine (C=N–C) groups is 1. The van der Waals surface area contributed by atoms with Gasteiger partial charge in [-0.2, -0.15) is 0 Å². The summed E-state index contributed by atoms with van der Waals surface area (Å²) in [5, 5.41) is 11.5. The van der Waals surface area contributed by atoms with Gasteiger partial charge in [0.15, 0.2) is 5.96 Å². The summed E-state index contributed by atoms with van der Waals surface area (Å²) in [5.41, 5.74) is 2.10. The van der Waals surface area contributed by atoms with Crippen LogP contribution in [0.3, 0.4) is 0 Å². The molecule has 0 amide bonds. The zero-order valence-corrected chi connectivity index (χ0v) is 20.1. The van der Waals surface area contributed by atoms with Crippen molar-refractivity contribution in [3.8, 4) is 0 Å². The van der Waals surface area contributed by atoms with E-state index in [0.29, 0.717) is 6.54 Å². The lowest BCUT2D eigenvalue weighted by molar-refractivity contribution is 0.391. The predicted molar refractivity (Wildman–Crippen MR) is 126 cm³/mol. The molecule has 27 heavy (non-hydrogen) atoms. The fourth-order valence-electron chi connectivity index (χ4n) is 2.72. The average Bonchev–Trinajstić information content (AvgIpc) is 2.96. The summed E-state index contributed by atoms with van der Waals surface area (Å²) in [5.74, 6) is 2.93. The van der Waals surface area contributed by atoms with Crippen molar-refractivity contribution in [2.75, 3.05) is 25.4 Å². The third kappa shape index (κ3) is 7.91. The van der Waals surface area contributed by atoms with Gasteiger partial charge in [0.05, 0.1) is 5.69 Å². The second kappa shape index (κ2) is 12.5. The van der Waals surface area contributed by atoms with Crippen molar-refractivity contribution in [2.45, 2.75) is 38.5 Å². The van der Waals surface area contributed by atoms with E-state index in [1.54, 1.807) is 11.8 Å². The number of aryl methyl sites for hydroxylation is 2. The first-order valence-corrected chi connectivity index (χ1v) is 10.2. The summed E-state index contributed by atoms with van der Waals surface area (Å²) in [6, 6.07) is 7.91. The third-order valence-electron chi connectivity index (χ3n) is 3.93. The van der Waals surface area contributed by atoms with Gasteiger partial charge >= 0.3 is 0 Å². The number of nitrogens with zero attached hydrogens (tertiary/aromatic N) is 2. The highest BCUT2D eigenvalue weighted by Crippen LogP contribution is 2.23. The molecule has 1 unspecified atom stereocenters. The molecule has 0 spiro atoms. The van der Waals surface area contributed by atoms with Crippen molar-refractivity contribution in [3.63, 3.8) is 0 Å². The zero-order valence-electron chi connectivity index (χ0n) is 16.2. The lowest BCUT2D eigenvalue weighted by Gasteiger charge is -2.13. The van der Waals surface area contributed by atoms with Crippen molar-refractivity contribution >= 4 is 53.3 Å². The topological polar surface area (TPSA) is 62.5 Å². The van der Waals surface area contributed by atoms with Gasteiger partial charge in [-0.15, -0.1) is 35.7 Å². The number of nitrogens with one attached hydrogen (secondary N) is 2. The molecule has 150 valence electrons. The summed E-state index contributed by atoms with van der Waals surface area (Å²) in [7, 11) is 0. The van der Waals surface area contributed by atoms with E-state index >= 15 is 0 Å². The van der Waals surface area contributed by atoms with Gasteiger partial charge in [0.2, 0.25) is 0 Å². The quantitative estimate of drug-likeness (QED) is 0.168. The summed E-state index contributed by atoms with van der Waals surface area (Å²) in [6.45, 7) is 10.5. The Morgan fingerprint density at radius 3 is 2.56 bits per heavy atom. The Morgan fingerprint density at radius 1 is 1.26 bits per heavy atom. The molecule has 0 bridgehead atoms. The highest BCUT2D eigenvalue weighted by atomic mass is 127. The lowest BCUT2D eigenvalue weighted by atomic mass is 10.00. The van der Waals surface area contributed by atoms with Crippen LogP contribution >= 0.6 is 47.3 Å². The Morgan fingerprint density at radius 2 is 1.96 bits per heavy atom. The fourth-order valence-corrected chi connectivity index (χ4v) is 3.62. The van der Waals surface area contributed by atoms with Crippen LogP contribution in [-0.2, 0) is 0 Å². The Balaban J connectivity index is 0.00000364. The molecule has 1 aromatic carbocycles. The summed E-state index contributed by atoms with van der Waals surface area (Å²) >= 11 is 7.70. The molecule has 0 saturated carbocycles. The van der Waals surface area contributed by atoms with Gasteiger partial charge < -0.3 is 15.2 Å². The molecule has 0 aliphatic heterocycles. The Kier molecular flexibility index (Phi) is 11.2. The number of benzene rings is 1. The maximum absolute atomic E-state index is 5.91. The standard InChI is InChI=1S/C19H27ClN4OS.HI/c1-5-21-19(22-10-11-26-17-8-6-16(20)7-9-17)23-12-13(2)18-14(3)24-25-15(18)4;/h6-9,13H,5,10-12H2,1-4H3,(H2,21,22,23);1H. The molecule has 1 aromatic heterocycles. The van der Waals surface area contributed by atoms with E-state index in [1.807, 2.05) is 38.1 Å². The van der Waals surface area contributed by atoms with E-state index in [4.69, 9.17) is 21.1 Å². The SMILES string of the molecule is CCNC(=NCC(C)c1c(C)noc1C)NCCSc1ccc(Cl)cc1.I. The maximum Gasteiger partial charge on any atom is 0.191 e. The van der Waals surface area contributed by atoms with Crippen LogP contribution in [0, 0.1) is 13.8 Å². The van der Waals surface area contributed by atoms with Crippen LogP contribution in [0.4, 0.5) is 0 Å². The van der Waals surface area contributed by atoms with Gasteiger partial charge in [-0.1, -0.05) is 23.7 Å². The minimum Gasteiger partial charge on any atom is -0.361 e. The highest BCUT2D eigenvalue weighted by molar-refractivity contribution is 14.0. The van der Waals surface area contributed by atoms with Gasteiger partial charge in [0.25, 0.3) is 0 Å². The predicted octanol–water partition coefficient (Wildman–Crippen LogP) is 5.01. The molecule has 2 rings (SSSR count). The van der Waals surface area contributed by atoms with Crippen molar-refractivity contribution < 1.29 is 4.52 Å². The molecule has 8 heteroatoms. The minimum atomic E-state index is 0. The van der Waals surface area contributed by atoms with Crippen LogP contribution < -0.4 is 10.6 Å². The zero-order chi connectivity index (χ0) is 18.9. The number of halogens is 2. The second-order valence-electron chi connectivity index (χ2n) is 6.09. The Bertz CT molecular complexity index is 701. The van der Waals surface area contributed by atoms with Crippen LogP contribution in [0.25, 0.3) is 0 Å². The number of hydrogen-bond donors (Lipinski definition) is 2.